The lowest BCUT2D eigenvalue weighted by atomic mass is 10.1. The number of hydrogen-bond acceptors (Lipinski definition) is 6. The van der Waals surface area contributed by atoms with E-state index in [9.17, 15) is 19.7 Å². The Morgan fingerprint density at radius 3 is 2.40 bits per heavy atom. The number of ether oxygens (including phenoxy) is 1. The Bertz CT molecular complexity index is 811. The summed E-state index contributed by atoms with van der Waals surface area (Å²) in [4.78, 5) is 34.4. The molecule has 0 spiro atoms. The number of benzene rings is 2. The van der Waals surface area contributed by atoms with Crippen molar-refractivity contribution in [2.24, 2.45) is 0 Å². The largest absolute Gasteiger partial charge is 0.457 e. The van der Waals surface area contributed by atoms with Crippen molar-refractivity contribution in [3.63, 3.8) is 0 Å². The fraction of sp³-hybridized carbons (Fsp3) is 0.125. The van der Waals surface area contributed by atoms with Crippen molar-refractivity contribution in [1.82, 2.24) is 0 Å². The third-order valence-corrected chi connectivity index (χ3v) is 4.53. The lowest BCUT2D eigenvalue weighted by Gasteiger charge is -2.06. The molecular formula is C16H11Cl2NO5S. The minimum absolute atomic E-state index is 0.0283. The van der Waals surface area contributed by atoms with E-state index in [1.165, 1.54) is 42.5 Å². The van der Waals surface area contributed by atoms with Gasteiger partial charge < -0.3 is 4.74 Å². The van der Waals surface area contributed by atoms with Crippen LogP contribution < -0.4 is 0 Å². The number of thioether (sulfide) groups is 1. The van der Waals surface area contributed by atoms with Gasteiger partial charge in [-0.1, -0.05) is 23.2 Å². The highest BCUT2D eigenvalue weighted by Crippen LogP contribution is 2.23. The van der Waals surface area contributed by atoms with Crippen LogP contribution in [0.25, 0.3) is 0 Å². The molecule has 0 unspecified atom stereocenters. The van der Waals surface area contributed by atoms with E-state index >= 15 is 0 Å². The van der Waals surface area contributed by atoms with Crippen molar-refractivity contribution in [1.29, 1.82) is 0 Å². The molecule has 0 fully saturated rings. The zero-order chi connectivity index (χ0) is 18.4. The minimum Gasteiger partial charge on any atom is -0.457 e. The zero-order valence-electron chi connectivity index (χ0n) is 12.6. The highest BCUT2D eigenvalue weighted by atomic mass is 35.5. The first-order chi connectivity index (χ1) is 11.9. The molecule has 0 bridgehead atoms. The molecule has 9 heteroatoms. The van der Waals surface area contributed by atoms with Gasteiger partial charge in [0.25, 0.3) is 5.69 Å². The van der Waals surface area contributed by atoms with E-state index < -0.39 is 23.3 Å². The van der Waals surface area contributed by atoms with E-state index in [-0.39, 0.29) is 22.0 Å². The molecule has 130 valence electrons. The van der Waals surface area contributed by atoms with Gasteiger partial charge >= 0.3 is 5.97 Å². The lowest BCUT2D eigenvalue weighted by Crippen LogP contribution is -2.15. The first-order valence-electron chi connectivity index (χ1n) is 6.88. The highest BCUT2D eigenvalue weighted by Gasteiger charge is 2.14. The molecule has 2 aromatic rings. The summed E-state index contributed by atoms with van der Waals surface area (Å²) in [7, 11) is 0. The molecule has 0 N–H and O–H groups in total. The van der Waals surface area contributed by atoms with Gasteiger partial charge in [-0.15, -0.1) is 11.8 Å². The molecule has 25 heavy (non-hydrogen) atoms. The number of ketones is 1. The Balaban J connectivity index is 1.82. The predicted molar refractivity (Wildman–Crippen MR) is 95.6 cm³/mol. The summed E-state index contributed by atoms with van der Waals surface area (Å²) in [5, 5.41) is 11.2. The van der Waals surface area contributed by atoms with Crippen LogP contribution in [0.15, 0.2) is 47.4 Å². The van der Waals surface area contributed by atoms with Gasteiger partial charge in [0.05, 0.1) is 15.7 Å². The molecule has 0 atom stereocenters. The molecule has 0 aromatic heterocycles. The lowest BCUT2D eigenvalue weighted by molar-refractivity contribution is -0.384. The molecule has 0 aliphatic rings. The number of Topliss-reactive ketones (excluding diaryl/α,β-unsaturated/α-hetero) is 1. The van der Waals surface area contributed by atoms with Gasteiger partial charge in [0, 0.05) is 27.6 Å². The van der Waals surface area contributed by atoms with Crippen LogP contribution in [0.5, 0.6) is 0 Å². The maximum atomic E-state index is 12.0. The van der Waals surface area contributed by atoms with Crippen LogP contribution in [0.3, 0.4) is 0 Å². The van der Waals surface area contributed by atoms with Crippen molar-refractivity contribution >= 4 is 52.4 Å². The van der Waals surface area contributed by atoms with E-state index in [1.54, 1.807) is 0 Å². The van der Waals surface area contributed by atoms with Crippen molar-refractivity contribution in [2.75, 3.05) is 12.4 Å². The van der Waals surface area contributed by atoms with Gasteiger partial charge in [-0.2, -0.15) is 0 Å². The summed E-state index contributed by atoms with van der Waals surface area (Å²) in [6.07, 6.45) is 0. The number of halogens is 2. The number of rotatable bonds is 7. The standard InChI is InChI=1S/C16H11Cl2NO5S/c17-10-1-6-13(14(18)7-10)15(20)8-24-16(21)9-25-12-4-2-11(3-5-12)19(22)23/h1-7H,8-9H2. The molecule has 6 nitrogen and oxygen atoms in total. The van der Waals surface area contributed by atoms with E-state index in [1.807, 2.05) is 0 Å². The van der Waals surface area contributed by atoms with Crippen molar-refractivity contribution in [3.8, 4) is 0 Å². The van der Waals surface area contributed by atoms with Crippen LogP contribution in [0.2, 0.25) is 10.0 Å². The normalized spacial score (nSPS) is 10.3. The number of esters is 1. The summed E-state index contributed by atoms with van der Waals surface area (Å²) in [6, 6.07) is 10.2. The SMILES string of the molecule is O=C(CSc1ccc([N+](=O)[O-])cc1)OCC(=O)c1ccc(Cl)cc1Cl. The summed E-state index contributed by atoms with van der Waals surface area (Å²) in [5.41, 5.74) is 0.194. The fourth-order valence-electron chi connectivity index (χ4n) is 1.79. The van der Waals surface area contributed by atoms with Gasteiger partial charge in [0.15, 0.2) is 6.61 Å². The molecule has 0 saturated carbocycles. The average Bonchev–Trinajstić information content (AvgIpc) is 2.58. The van der Waals surface area contributed by atoms with Gasteiger partial charge in [-0.05, 0) is 30.3 Å². The molecule has 2 rings (SSSR count). The third-order valence-electron chi connectivity index (χ3n) is 3.00. The summed E-state index contributed by atoms with van der Waals surface area (Å²) < 4.78 is 4.92. The maximum Gasteiger partial charge on any atom is 0.316 e. The fourth-order valence-corrected chi connectivity index (χ4v) is 3.00. The second-order valence-electron chi connectivity index (χ2n) is 4.75. The van der Waals surface area contributed by atoms with Gasteiger partial charge in [-0.3, -0.25) is 19.7 Å². The minimum atomic E-state index is -0.582. The van der Waals surface area contributed by atoms with E-state index in [0.717, 1.165) is 11.8 Å². The van der Waals surface area contributed by atoms with Crippen molar-refractivity contribution in [3.05, 3.63) is 68.2 Å². The number of carbonyl (C=O) groups excluding carboxylic acids is 2. The van der Waals surface area contributed by atoms with Crippen LogP contribution in [0.1, 0.15) is 10.4 Å². The van der Waals surface area contributed by atoms with Crippen LogP contribution in [-0.4, -0.2) is 29.0 Å². The van der Waals surface area contributed by atoms with E-state index in [4.69, 9.17) is 27.9 Å². The molecule has 0 radical (unpaired) electrons. The second kappa shape index (κ2) is 8.84. The van der Waals surface area contributed by atoms with Crippen molar-refractivity contribution in [2.45, 2.75) is 4.90 Å². The molecular weight excluding hydrogens is 389 g/mol. The summed E-state index contributed by atoms with van der Waals surface area (Å²) >= 11 is 12.8. The third kappa shape index (κ3) is 5.74. The average molecular weight is 400 g/mol. The van der Waals surface area contributed by atoms with Crippen LogP contribution in [0.4, 0.5) is 5.69 Å². The van der Waals surface area contributed by atoms with Gasteiger partial charge in [-0.25, -0.2) is 0 Å². The highest BCUT2D eigenvalue weighted by molar-refractivity contribution is 8.00. The Hall–Kier alpha value is -2.09. The summed E-state index contributed by atoms with van der Waals surface area (Å²) in [6.45, 7) is -0.430. The smallest absolute Gasteiger partial charge is 0.316 e. The number of nitro groups is 1. The number of non-ortho nitro benzene ring substituents is 1. The molecule has 0 saturated heterocycles. The van der Waals surface area contributed by atoms with Gasteiger partial charge in [0.1, 0.15) is 0 Å². The summed E-state index contributed by atoms with van der Waals surface area (Å²) in [5.74, 6) is -1.04. The topological polar surface area (TPSA) is 86.5 Å². The monoisotopic (exact) mass is 399 g/mol. The van der Waals surface area contributed by atoms with Crippen molar-refractivity contribution < 1.29 is 19.2 Å². The molecule has 0 amide bonds. The first-order valence-corrected chi connectivity index (χ1v) is 8.62. The number of carbonyl (C=O) groups is 2. The van der Waals surface area contributed by atoms with E-state index in [2.05, 4.69) is 0 Å². The molecule has 0 heterocycles. The quantitative estimate of drug-likeness (QED) is 0.225. The van der Waals surface area contributed by atoms with Crippen LogP contribution in [-0.2, 0) is 9.53 Å². The van der Waals surface area contributed by atoms with E-state index in [0.29, 0.717) is 9.92 Å². The Morgan fingerprint density at radius 2 is 1.80 bits per heavy atom. The zero-order valence-corrected chi connectivity index (χ0v) is 14.9. The molecule has 0 aliphatic carbocycles. The Kier molecular flexibility index (Phi) is 6.81. The Morgan fingerprint density at radius 1 is 1.12 bits per heavy atom. The molecule has 0 aliphatic heterocycles. The number of hydrogen-bond donors (Lipinski definition) is 0. The van der Waals surface area contributed by atoms with Crippen LogP contribution >= 0.6 is 35.0 Å². The van der Waals surface area contributed by atoms with Gasteiger partial charge in [0.2, 0.25) is 5.78 Å². The first kappa shape index (κ1) is 19.2. The molecule has 2 aromatic carbocycles. The maximum absolute atomic E-state index is 12.0. The van der Waals surface area contributed by atoms with Crippen LogP contribution in [0, 0.1) is 10.1 Å². The number of nitrogens with zero attached hydrogens (tertiary/aromatic N) is 1. The second-order valence-corrected chi connectivity index (χ2v) is 6.64. The number of nitro benzene ring substituents is 1. The Labute approximate surface area is 157 Å². The predicted octanol–water partition coefficient (Wildman–Crippen LogP) is 4.42.